The van der Waals surface area contributed by atoms with E-state index >= 15 is 0 Å². The molecule has 0 rings (SSSR count). The Labute approximate surface area is 101 Å². The van der Waals surface area contributed by atoms with Crippen molar-refractivity contribution in [3.63, 3.8) is 0 Å². The van der Waals surface area contributed by atoms with Crippen LogP contribution in [0.5, 0.6) is 0 Å². The van der Waals surface area contributed by atoms with Crippen LogP contribution >= 0.6 is 0 Å². The lowest BCUT2D eigenvalue weighted by atomic mass is 10.2. The summed E-state index contributed by atoms with van der Waals surface area (Å²) in [5.41, 5.74) is 5.27. The molecule has 4 nitrogen and oxygen atoms in total. The Balaban J connectivity index is -0.000000200. The Morgan fingerprint density at radius 3 is 1.75 bits per heavy atom. The number of aliphatic hydroxyl groups excluding tert-OH is 1. The zero-order valence-corrected chi connectivity index (χ0v) is 11.1. The SMILES string of the molecule is CCCCCC(O)O.CCCCCCN.N. The van der Waals surface area contributed by atoms with Crippen LogP contribution in [0.25, 0.3) is 0 Å². The first-order chi connectivity index (χ1) is 7.18. The van der Waals surface area contributed by atoms with Crippen LogP contribution in [0.3, 0.4) is 0 Å². The average Bonchev–Trinajstić information content (AvgIpc) is 2.20. The molecule has 0 aromatic carbocycles. The highest BCUT2D eigenvalue weighted by molar-refractivity contribution is 4.40. The summed E-state index contributed by atoms with van der Waals surface area (Å²) in [5.74, 6) is 0. The molecule has 102 valence electrons. The van der Waals surface area contributed by atoms with Gasteiger partial charge in [0.05, 0.1) is 0 Å². The lowest BCUT2D eigenvalue weighted by molar-refractivity contribution is -0.0465. The molecule has 0 radical (unpaired) electrons. The minimum absolute atomic E-state index is 0. The molecule has 0 heterocycles. The maximum atomic E-state index is 8.33. The van der Waals surface area contributed by atoms with Crippen molar-refractivity contribution in [2.45, 2.75) is 71.5 Å². The molecule has 0 amide bonds. The van der Waals surface area contributed by atoms with Crippen LogP contribution in [0, 0.1) is 0 Å². The zero-order valence-electron chi connectivity index (χ0n) is 11.1. The predicted octanol–water partition coefficient (Wildman–Crippen LogP) is 2.56. The third-order valence-electron chi connectivity index (χ3n) is 2.12. The number of rotatable bonds is 8. The molecule has 16 heavy (non-hydrogen) atoms. The van der Waals surface area contributed by atoms with Crippen LogP contribution in [-0.2, 0) is 0 Å². The molecule has 0 aromatic heterocycles. The fourth-order valence-electron chi connectivity index (χ4n) is 1.15. The molecule has 0 unspecified atom stereocenters. The molecular formula is C12H32N2O2. The van der Waals surface area contributed by atoms with Crippen LogP contribution in [0.2, 0.25) is 0 Å². The zero-order chi connectivity index (χ0) is 11.9. The Kier molecular flexibility index (Phi) is 26.8. The van der Waals surface area contributed by atoms with Gasteiger partial charge < -0.3 is 22.1 Å². The molecule has 0 atom stereocenters. The van der Waals surface area contributed by atoms with Crippen molar-refractivity contribution >= 4 is 0 Å². The van der Waals surface area contributed by atoms with E-state index in [9.17, 15) is 0 Å². The molecule has 0 fully saturated rings. The molecule has 0 saturated heterocycles. The van der Waals surface area contributed by atoms with E-state index in [0.29, 0.717) is 6.42 Å². The summed E-state index contributed by atoms with van der Waals surface area (Å²) in [7, 11) is 0. The van der Waals surface area contributed by atoms with Crippen molar-refractivity contribution in [1.82, 2.24) is 6.15 Å². The molecule has 0 aliphatic carbocycles. The highest BCUT2D eigenvalue weighted by Gasteiger charge is 1.93. The average molecular weight is 236 g/mol. The fourth-order valence-corrected chi connectivity index (χ4v) is 1.15. The van der Waals surface area contributed by atoms with E-state index in [1.165, 1.54) is 25.7 Å². The van der Waals surface area contributed by atoms with Gasteiger partial charge in [0, 0.05) is 0 Å². The fraction of sp³-hybridized carbons (Fsp3) is 1.00. The standard InChI is InChI=1S/C6H15N.C6H14O2.H3N/c1-2-3-4-5-6-7;1-2-3-4-5-6(7)8;/h2-7H2,1H3;6-8H,2-5H2,1H3;1H3. The molecule has 0 bridgehead atoms. The number of aliphatic hydroxyl groups is 2. The molecule has 0 spiro atoms. The Bertz CT molecular complexity index is 97.0. The van der Waals surface area contributed by atoms with Crippen molar-refractivity contribution < 1.29 is 10.2 Å². The van der Waals surface area contributed by atoms with Crippen molar-refractivity contribution in [2.24, 2.45) is 5.73 Å². The van der Waals surface area contributed by atoms with Crippen molar-refractivity contribution in [3.8, 4) is 0 Å². The monoisotopic (exact) mass is 236 g/mol. The first kappa shape index (κ1) is 21.2. The van der Waals surface area contributed by atoms with Gasteiger partial charge in [0.15, 0.2) is 6.29 Å². The maximum absolute atomic E-state index is 8.33. The minimum Gasteiger partial charge on any atom is -0.368 e. The number of unbranched alkanes of at least 4 members (excludes halogenated alkanes) is 5. The highest BCUT2D eigenvalue weighted by atomic mass is 16.5. The van der Waals surface area contributed by atoms with E-state index in [1.807, 2.05) is 0 Å². The first-order valence-corrected chi connectivity index (χ1v) is 6.25. The van der Waals surface area contributed by atoms with Gasteiger partial charge in [-0.05, 0) is 25.8 Å². The Morgan fingerprint density at radius 1 is 0.875 bits per heavy atom. The van der Waals surface area contributed by atoms with E-state index in [0.717, 1.165) is 25.8 Å². The van der Waals surface area contributed by atoms with Crippen molar-refractivity contribution in [1.29, 1.82) is 0 Å². The van der Waals surface area contributed by atoms with E-state index < -0.39 is 6.29 Å². The Morgan fingerprint density at radius 2 is 1.38 bits per heavy atom. The number of nitrogens with two attached hydrogens (primary N) is 1. The molecular weight excluding hydrogens is 204 g/mol. The normalized spacial score (nSPS) is 9.38. The lowest BCUT2D eigenvalue weighted by Crippen LogP contribution is -2.02. The van der Waals surface area contributed by atoms with Gasteiger partial charge in [0.2, 0.25) is 0 Å². The van der Waals surface area contributed by atoms with E-state index in [2.05, 4.69) is 13.8 Å². The highest BCUT2D eigenvalue weighted by Crippen LogP contribution is 1.99. The first-order valence-electron chi connectivity index (χ1n) is 6.25. The quantitative estimate of drug-likeness (QED) is 0.384. The largest absolute Gasteiger partial charge is 0.368 e. The predicted molar refractivity (Wildman–Crippen MR) is 70.6 cm³/mol. The summed E-state index contributed by atoms with van der Waals surface area (Å²) in [6, 6.07) is 0. The molecule has 4 heteroatoms. The van der Waals surface area contributed by atoms with E-state index in [-0.39, 0.29) is 6.15 Å². The van der Waals surface area contributed by atoms with Gasteiger partial charge in [-0.3, -0.25) is 0 Å². The van der Waals surface area contributed by atoms with Crippen LogP contribution < -0.4 is 11.9 Å². The van der Waals surface area contributed by atoms with Crippen molar-refractivity contribution in [3.05, 3.63) is 0 Å². The second-order valence-electron chi connectivity index (χ2n) is 3.83. The summed E-state index contributed by atoms with van der Waals surface area (Å²) in [6.45, 7) is 5.15. The lowest BCUT2D eigenvalue weighted by Gasteiger charge is -1.99. The summed E-state index contributed by atoms with van der Waals surface area (Å²) in [5, 5.41) is 16.7. The van der Waals surface area contributed by atoms with Crippen LogP contribution in [0.4, 0.5) is 0 Å². The second kappa shape index (κ2) is 20.3. The number of hydrogen-bond acceptors (Lipinski definition) is 4. The van der Waals surface area contributed by atoms with Gasteiger partial charge in [-0.2, -0.15) is 0 Å². The third kappa shape index (κ3) is 29.2. The minimum atomic E-state index is -1.10. The second-order valence-corrected chi connectivity index (χ2v) is 3.83. The molecule has 7 N–H and O–H groups in total. The van der Waals surface area contributed by atoms with Crippen molar-refractivity contribution in [2.75, 3.05) is 6.54 Å². The van der Waals surface area contributed by atoms with Gasteiger partial charge in [-0.15, -0.1) is 0 Å². The summed E-state index contributed by atoms with van der Waals surface area (Å²) in [6.07, 6.45) is 7.74. The van der Waals surface area contributed by atoms with Crippen LogP contribution in [0.15, 0.2) is 0 Å². The third-order valence-corrected chi connectivity index (χ3v) is 2.12. The van der Waals surface area contributed by atoms with Crippen LogP contribution in [0.1, 0.15) is 65.2 Å². The van der Waals surface area contributed by atoms with E-state index in [1.54, 1.807) is 0 Å². The van der Waals surface area contributed by atoms with Gasteiger partial charge in [-0.1, -0.05) is 46.0 Å². The molecule has 0 aliphatic heterocycles. The van der Waals surface area contributed by atoms with Gasteiger partial charge in [0.25, 0.3) is 0 Å². The topological polar surface area (TPSA) is 101 Å². The molecule has 0 aliphatic rings. The van der Waals surface area contributed by atoms with Crippen LogP contribution in [-0.4, -0.2) is 23.0 Å². The van der Waals surface area contributed by atoms with Gasteiger partial charge in [-0.25, -0.2) is 0 Å². The summed E-state index contributed by atoms with van der Waals surface area (Å²) in [4.78, 5) is 0. The van der Waals surface area contributed by atoms with Gasteiger partial charge in [0.1, 0.15) is 0 Å². The Hall–Kier alpha value is -0.160. The molecule has 0 saturated carbocycles. The smallest absolute Gasteiger partial charge is 0.151 e. The summed E-state index contributed by atoms with van der Waals surface area (Å²) < 4.78 is 0. The maximum Gasteiger partial charge on any atom is 0.151 e. The number of hydrogen-bond donors (Lipinski definition) is 4. The van der Waals surface area contributed by atoms with E-state index in [4.69, 9.17) is 15.9 Å². The summed E-state index contributed by atoms with van der Waals surface area (Å²) >= 11 is 0. The molecule has 0 aromatic rings. The van der Waals surface area contributed by atoms with Gasteiger partial charge >= 0.3 is 0 Å².